The highest BCUT2D eigenvalue weighted by Gasteiger charge is 2.27. The Hall–Kier alpha value is -2.98. The van der Waals surface area contributed by atoms with Crippen LogP contribution in [0, 0.1) is 19.7 Å². The summed E-state index contributed by atoms with van der Waals surface area (Å²) in [6, 6.07) is 12.7. The molecule has 1 amide bonds. The Morgan fingerprint density at radius 2 is 1.81 bits per heavy atom. The zero-order chi connectivity index (χ0) is 22.6. The van der Waals surface area contributed by atoms with Gasteiger partial charge in [0.2, 0.25) is 0 Å². The van der Waals surface area contributed by atoms with Gasteiger partial charge < -0.3 is 4.42 Å². The van der Waals surface area contributed by atoms with Crippen LogP contribution in [0.1, 0.15) is 17.1 Å². The molecule has 0 bridgehead atoms. The van der Waals surface area contributed by atoms with E-state index < -0.39 is 28.3 Å². The lowest BCUT2D eigenvalue weighted by molar-refractivity contribution is -0.119. The normalized spacial score (nSPS) is 11.6. The highest BCUT2D eigenvalue weighted by atomic mass is 79.9. The summed E-state index contributed by atoms with van der Waals surface area (Å²) in [4.78, 5) is 12.5. The summed E-state index contributed by atoms with van der Waals surface area (Å²) < 4.78 is 46.8. The maximum atomic E-state index is 13.4. The number of carbonyl (C=O) groups is 1. The van der Waals surface area contributed by atoms with Crippen LogP contribution in [-0.2, 0) is 14.8 Å². The number of benzene rings is 2. The summed E-state index contributed by atoms with van der Waals surface area (Å²) in [6.45, 7) is 3.04. The van der Waals surface area contributed by atoms with Gasteiger partial charge in [-0.15, -0.1) is 0 Å². The van der Waals surface area contributed by atoms with Gasteiger partial charge in [-0.2, -0.15) is 5.10 Å². The number of furan rings is 1. The van der Waals surface area contributed by atoms with Crippen LogP contribution in [0.5, 0.6) is 0 Å². The van der Waals surface area contributed by atoms with Gasteiger partial charge in [0.05, 0.1) is 21.3 Å². The number of hydrazone groups is 1. The molecule has 0 saturated carbocycles. The van der Waals surface area contributed by atoms with Crippen molar-refractivity contribution < 1.29 is 22.0 Å². The summed E-state index contributed by atoms with van der Waals surface area (Å²) in [7, 11) is -4.08. The average molecular weight is 508 g/mol. The van der Waals surface area contributed by atoms with E-state index in [1.165, 1.54) is 30.5 Å². The second kappa shape index (κ2) is 9.44. The van der Waals surface area contributed by atoms with Gasteiger partial charge in [0.1, 0.15) is 23.9 Å². The van der Waals surface area contributed by atoms with Crippen LogP contribution >= 0.6 is 15.9 Å². The summed E-state index contributed by atoms with van der Waals surface area (Å²) in [5.41, 5.74) is 3.31. The van der Waals surface area contributed by atoms with Gasteiger partial charge in [0, 0.05) is 6.07 Å². The first-order valence-corrected chi connectivity index (χ1v) is 11.3. The standard InChI is InChI=1S/C21H19BrFN3O4S/c1-14-3-9-19(10-4-14)31(28,29)26(17-7-5-16(23)6-8-17)13-21(27)25-24-12-18-11-20(22)15(2)30-18/h3-12H,13H2,1-2H3,(H,25,27)/b24-12-. The Labute approximate surface area is 187 Å². The maximum absolute atomic E-state index is 13.4. The molecule has 0 aliphatic heterocycles. The molecule has 0 aliphatic rings. The second-order valence-corrected chi connectivity index (χ2v) is 9.36. The van der Waals surface area contributed by atoms with Crippen LogP contribution in [-0.4, -0.2) is 27.1 Å². The van der Waals surface area contributed by atoms with Gasteiger partial charge in [-0.05, 0) is 66.2 Å². The van der Waals surface area contributed by atoms with Crippen molar-refractivity contribution in [3.63, 3.8) is 0 Å². The molecule has 1 heterocycles. The van der Waals surface area contributed by atoms with E-state index in [4.69, 9.17) is 4.42 Å². The fraction of sp³-hybridized carbons (Fsp3) is 0.143. The number of carbonyl (C=O) groups excluding carboxylic acids is 1. The molecule has 10 heteroatoms. The van der Waals surface area contributed by atoms with E-state index in [0.717, 1.165) is 26.5 Å². The highest BCUT2D eigenvalue weighted by molar-refractivity contribution is 9.10. The first kappa shape index (κ1) is 22.7. The number of amides is 1. The molecule has 7 nitrogen and oxygen atoms in total. The van der Waals surface area contributed by atoms with E-state index in [1.807, 2.05) is 6.92 Å². The lowest BCUT2D eigenvalue weighted by Gasteiger charge is -2.23. The monoisotopic (exact) mass is 507 g/mol. The third kappa shape index (κ3) is 5.59. The summed E-state index contributed by atoms with van der Waals surface area (Å²) in [6.07, 6.45) is 1.30. The van der Waals surface area contributed by atoms with Gasteiger partial charge in [-0.3, -0.25) is 9.10 Å². The Morgan fingerprint density at radius 3 is 2.39 bits per heavy atom. The van der Waals surface area contributed by atoms with Crippen LogP contribution in [0.15, 0.2) is 73.5 Å². The number of halogens is 2. The predicted octanol–water partition coefficient (Wildman–Crippen LogP) is 4.14. The Kier molecular flexibility index (Phi) is 6.91. The van der Waals surface area contributed by atoms with E-state index in [2.05, 4.69) is 26.5 Å². The van der Waals surface area contributed by atoms with Gasteiger partial charge in [0.25, 0.3) is 15.9 Å². The van der Waals surface area contributed by atoms with E-state index in [1.54, 1.807) is 25.1 Å². The molecule has 0 unspecified atom stereocenters. The molecule has 0 radical (unpaired) electrons. The van der Waals surface area contributed by atoms with E-state index in [9.17, 15) is 17.6 Å². The molecule has 3 rings (SSSR count). The van der Waals surface area contributed by atoms with Gasteiger partial charge in [0.15, 0.2) is 0 Å². The van der Waals surface area contributed by atoms with Crippen molar-refractivity contribution in [2.24, 2.45) is 5.10 Å². The largest absolute Gasteiger partial charge is 0.459 e. The summed E-state index contributed by atoms with van der Waals surface area (Å²) in [5, 5.41) is 3.80. The molecule has 0 fully saturated rings. The quantitative estimate of drug-likeness (QED) is 0.384. The Bertz CT molecular complexity index is 1190. The van der Waals surface area contributed by atoms with Crippen molar-refractivity contribution in [2.75, 3.05) is 10.8 Å². The molecule has 2 aromatic carbocycles. The number of anilines is 1. The Morgan fingerprint density at radius 1 is 1.16 bits per heavy atom. The van der Waals surface area contributed by atoms with E-state index in [-0.39, 0.29) is 10.6 Å². The molecular weight excluding hydrogens is 489 g/mol. The number of aryl methyl sites for hydroxylation is 2. The van der Waals surface area contributed by atoms with E-state index >= 15 is 0 Å². The maximum Gasteiger partial charge on any atom is 0.264 e. The summed E-state index contributed by atoms with van der Waals surface area (Å²) >= 11 is 3.31. The van der Waals surface area contributed by atoms with Crippen LogP contribution in [0.25, 0.3) is 0 Å². The molecule has 0 aliphatic carbocycles. The smallest absolute Gasteiger partial charge is 0.264 e. The first-order valence-electron chi connectivity index (χ1n) is 9.09. The number of sulfonamides is 1. The highest BCUT2D eigenvalue weighted by Crippen LogP contribution is 2.24. The number of nitrogens with zero attached hydrogens (tertiary/aromatic N) is 2. The topological polar surface area (TPSA) is 92.0 Å². The van der Waals surface area contributed by atoms with Gasteiger partial charge >= 0.3 is 0 Å². The third-order valence-corrected chi connectivity index (χ3v) is 6.84. The molecular formula is C21H19BrFN3O4S. The van der Waals surface area contributed by atoms with Crippen LogP contribution in [0.2, 0.25) is 0 Å². The first-order chi connectivity index (χ1) is 14.7. The van der Waals surface area contributed by atoms with Crippen molar-refractivity contribution in [2.45, 2.75) is 18.7 Å². The molecule has 1 aromatic heterocycles. The van der Waals surface area contributed by atoms with Crippen LogP contribution in [0.3, 0.4) is 0 Å². The molecule has 0 spiro atoms. The summed E-state index contributed by atoms with van der Waals surface area (Å²) in [5.74, 6) is -0.143. The number of nitrogens with one attached hydrogen (secondary N) is 1. The Balaban J connectivity index is 1.83. The number of rotatable bonds is 7. The lowest BCUT2D eigenvalue weighted by atomic mass is 10.2. The molecule has 31 heavy (non-hydrogen) atoms. The van der Waals surface area contributed by atoms with Crippen molar-refractivity contribution >= 4 is 43.8 Å². The fourth-order valence-electron chi connectivity index (χ4n) is 2.64. The van der Waals surface area contributed by atoms with Crippen molar-refractivity contribution in [3.8, 4) is 0 Å². The van der Waals surface area contributed by atoms with Crippen molar-refractivity contribution in [1.82, 2.24) is 5.43 Å². The fourth-order valence-corrected chi connectivity index (χ4v) is 4.37. The number of hydrogen-bond acceptors (Lipinski definition) is 5. The minimum Gasteiger partial charge on any atom is -0.459 e. The van der Waals surface area contributed by atoms with Crippen LogP contribution in [0.4, 0.5) is 10.1 Å². The average Bonchev–Trinajstić information content (AvgIpc) is 3.04. The minimum atomic E-state index is -4.08. The molecule has 3 aromatic rings. The van der Waals surface area contributed by atoms with Gasteiger partial charge in [-0.1, -0.05) is 17.7 Å². The molecule has 0 atom stereocenters. The molecule has 162 valence electrons. The zero-order valence-electron chi connectivity index (χ0n) is 16.7. The minimum absolute atomic E-state index is 0.00892. The molecule has 0 saturated heterocycles. The third-order valence-electron chi connectivity index (χ3n) is 4.27. The zero-order valence-corrected chi connectivity index (χ0v) is 19.1. The van der Waals surface area contributed by atoms with Crippen LogP contribution < -0.4 is 9.73 Å². The molecule has 1 N–H and O–H groups in total. The van der Waals surface area contributed by atoms with Crippen molar-refractivity contribution in [1.29, 1.82) is 0 Å². The van der Waals surface area contributed by atoms with Crippen molar-refractivity contribution in [3.05, 3.63) is 82.0 Å². The van der Waals surface area contributed by atoms with Gasteiger partial charge in [-0.25, -0.2) is 18.2 Å². The van der Waals surface area contributed by atoms with E-state index in [0.29, 0.717) is 11.5 Å². The lowest BCUT2D eigenvalue weighted by Crippen LogP contribution is -2.39. The number of hydrogen-bond donors (Lipinski definition) is 1. The SMILES string of the molecule is Cc1ccc(S(=O)(=O)N(CC(=O)N/N=C\c2cc(Br)c(C)o2)c2ccc(F)cc2)cc1. The second-order valence-electron chi connectivity index (χ2n) is 6.65. The predicted molar refractivity (Wildman–Crippen MR) is 119 cm³/mol.